The van der Waals surface area contributed by atoms with Crippen molar-refractivity contribution in [2.45, 2.75) is 38.8 Å². The fourth-order valence-corrected chi connectivity index (χ4v) is 4.70. The van der Waals surface area contributed by atoms with Crippen molar-refractivity contribution >= 4 is 22.7 Å². The summed E-state index contributed by atoms with van der Waals surface area (Å²) in [4.78, 5) is 23.6. The van der Waals surface area contributed by atoms with E-state index in [1.54, 1.807) is 10.9 Å². The molecule has 1 aliphatic rings. The van der Waals surface area contributed by atoms with Crippen LogP contribution in [0.4, 0.5) is 0 Å². The molecule has 0 radical (unpaired) electrons. The standard InChI is InChI=1S/C26H27N5O3/c1-5-33-26(32)25(18-9-7-6-8-10-18)31-15-21(20-13-28-30(4)14-20)24-22(31)11-19(12-27-24)23-16(2)29-34-17(23)3/h6-15,17,23,25H,5H2,1-4H3. The predicted molar refractivity (Wildman–Crippen MR) is 130 cm³/mol. The lowest BCUT2D eigenvalue weighted by molar-refractivity contribution is -0.145. The number of rotatable bonds is 6. The number of hydrogen-bond acceptors (Lipinski definition) is 6. The van der Waals surface area contributed by atoms with Crippen LogP contribution in [-0.2, 0) is 21.4 Å². The lowest BCUT2D eigenvalue weighted by Crippen LogP contribution is -2.23. The summed E-state index contributed by atoms with van der Waals surface area (Å²) in [5, 5.41) is 8.50. The van der Waals surface area contributed by atoms with E-state index in [9.17, 15) is 4.79 Å². The van der Waals surface area contributed by atoms with E-state index in [1.807, 2.05) is 81.3 Å². The Morgan fingerprint density at radius 3 is 2.65 bits per heavy atom. The Labute approximate surface area is 197 Å². The van der Waals surface area contributed by atoms with Gasteiger partial charge in [0.15, 0.2) is 6.04 Å². The molecule has 1 aliphatic heterocycles. The second-order valence-electron chi connectivity index (χ2n) is 8.58. The highest BCUT2D eigenvalue weighted by atomic mass is 16.6. The highest BCUT2D eigenvalue weighted by Gasteiger charge is 2.32. The Morgan fingerprint density at radius 1 is 1.21 bits per heavy atom. The Hall–Kier alpha value is -3.94. The lowest BCUT2D eigenvalue weighted by Gasteiger charge is -2.20. The highest BCUT2D eigenvalue weighted by molar-refractivity contribution is 5.96. The first-order chi connectivity index (χ1) is 16.5. The molecule has 3 aromatic heterocycles. The van der Waals surface area contributed by atoms with Gasteiger partial charge in [0.1, 0.15) is 6.10 Å². The number of pyridine rings is 1. The van der Waals surface area contributed by atoms with E-state index in [0.717, 1.165) is 39.0 Å². The van der Waals surface area contributed by atoms with Crippen LogP contribution in [0.25, 0.3) is 22.2 Å². The van der Waals surface area contributed by atoms with E-state index >= 15 is 0 Å². The first kappa shape index (κ1) is 21.9. The van der Waals surface area contributed by atoms with Gasteiger partial charge in [0.2, 0.25) is 0 Å². The van der Waals surface area contributed by atoms with Crippen LogP contribution in [-0.4, -0.2) is 43.7 Å². The molecule has 3 unspecified atom stereocenters. The Balaban J connectivity index is 1.75. The second kappa shape index (κ2) is 8.78. The topological polar surface area (TPSA) is 83.5 Å². The number of hydrogen-bond donors (Lipinski definition) is 0. The summed E-state index contributed by atoms with van der Waals surface area (Å²) >= 11 is 0. The van der Waals surface area contributed by atoms with Gasteiger partial charge < -0.3 is 14.1 Å². The first-order valence-corrected chi connectivity index (χ1v) is 11.4. The molecule has 8 nitrogen and oxygen atoms in total. The van der Waals surface area contributed by atoms with Gasteiger partial charge in [-0.1, -0.05) is 35.5 Å². The number of fused-ring (bicyclic) bond motifs is 1. The van der Waals surface area contributed by atoms with Crippen LogP contribution in [0.15, 0.2) is 66.3 Å². The largest absolute Gasteiger partial charge is 0.464 e. The maximum Gasteiger partial charge on any atom is 0.333 e. The van der Waals surface area contributed by atoms with E-state index in [4.69, 9.17) is 14.6 Å². The van der Waals surface area contributed by atoms with E-state index in [-0.39, 0.29) is 18.0 Å². The van der Waals surface area contributed by atoms with Crippen LogP contribution < -0.4 is 0 Å². The summed E-state index contributed by atoms with van der Waals surface area (Å²) in [6.07, 6.45) is 7.52. The van der Waals surface area contributed by atoms with Gasteiger partial charge in [-0.25, -0.2) is 4.79 Å². The summed E-state index contributed by atoms with van der Waals surface area (Å²) in [7, 11) is 1.88. The van der Waals surface area contributed by atoms with Gasteiger partial charge in [-0.15, -0.1) is 0 Å². The fourth-order valence-electron chi connectivity index (χ4n) is 4.70. The number of carbonyl (C=O) groups excluding carboxylic acids is 1. The molecule has 0 fully saturated rings. The van der Waals surface area contributed by atoms with Gasteiger partial charge in [-0.3, -0.25) is 9.67 Å². The monoisotopic (exact) mass is 457 g/mol. The molecule has 4 aromatic rings. The number of aryl methyl sites for hydroxylation is 1. The molecule has 0 N–H and O–H groups in total. The average molecular weight is 458 g/mol. The third-order valence-electron chi connectivity index (χ3n) is 6.25. The van der Waals surface area contributed by atoms with Crippen LogP contribution in [0.5, 0.6) is 0 Å². The number of carbonyl (C=O) groups is 1. The number of nitrogens with zero attached hydrogens (tertiary/aromatic N) is 5. The Bertz CT molecular complexity index is 1370. The van der Waals surface area contributed by atoms with Gasteiger partial charge in [-0.05, 0) is 38.0 Å². The minimum Gasteiger partial charge on any atom is -0.464 e. The van der Waals surface area contributed by atoms with Crippen molar-refractivity contribution in [1.82, 2.24) is 19.3 Å². The van der Waals surface area contributed by atoms with Crippen LogP contribution in [0.3, 0.4) is 0 Å². The molecular weight excluding hydrogens is 430 g/mol. The number of ether oxygens (including phenoxy) is 1. The third kappa shape index (κ3) is 3.75. The van der Waals surface area contributed by atoms with Crippen molar-refractivity contribution in [1.29, 1.82) is 0 Å². The summed E-state index contributed by atoms with van der Waals surface area (Å²) in [6.45, 7) is 6.08. The van der Waals surface area contributed by atoms with E-state index in [1.165, 1.54) is 0 Å². The van der Waals surface area contributed by atoms with Crippen LogP contribution in [0.1, 0.15) is 43.9 Å². The SMILES string of the molecule is CCOC(=O)C(c1ccccc1)n1cc(-c2cnn(C)c2)c2ncc(C3C(C)=NOC3C)cc21. The number of oxime groups is 1. The Morgan fingerprint density at radius 2 is 2.00 bits per heavy atom. The molecular formula is C26H27N5O3. The smallest absolute Gasteiger partial charge is 0.333 e. The number of aromatic nitrogens is 4. The molecule has 4 heterocycles. The number of benzene rings is 1. The second-order valence-corrected chi connectivity index (χ2v) is 8.58. The average Bonchev–Trinajstić information content (AvgIpc) is 3.52. The van der Waals surface area contributed by atoms with Crippen LogP contribution in [0.2, 0.25) is 0 Å². The fraction of sp³-hybridized carbons (Fsp3) is 0.308. The van der Waals surface area contributed by atoms with Crippen molar-refractivity contribution in [3.05, 3.63) is 72.3 Å². The van der Waals surface area contributed by atoms with Gasteiger partial charge >= 0.3 is 5.97 Å². The van der Waals surface area contributed by atoms with E-state index < -0.39 is 6.04 Å². The van der Waals surface area contributed by atoms with Crippen molar-refractivity contribution in [2.24, 2.45) is 12.2 Å². The zero-order chi connectivity index (χ0) is 23.8. The maximum atomic E-state index is 13.3. The summed E-state index contributed by atoms with van der Waals surface area (Å²) in [6, 6.07) is 11.1. The Kier molecular flexibility index (Phi) is 5.65. The first-order valence-electron chi connectivity index (χ1n) is 11.4. The van der Waals surface area contributed by atoms with Crippen molar-refractivity contribution in [3.8, 4) is 11.1 Å². The molecule has 0 saturated heterocycles. The van der Waals surface area contributed by atoms with Gasteiger partial charge in [0.05, 0.1) is 35.5 Å². The predicted octanol–water partition coefficient (Wildman–Crippen LogP) is 4.47. The summed E-state index contributed by atoms with van der Waals surface area (Å²) in [5.74, 6) is -0.316. The van der Waals surface area contributed by atoms with Gasteiger partial charge in [0.25, 0.3) is 0 Å². The third-order valence-corrected chi connectivity index (χ3v) is 6.25. The quantitative estimate of drug-likeness (QED) is 0.399. The van der Waals surface area contributed by atoms with Gasteiger partial charge in [0, 0.05) is 36.8 Å². The minimum absolute atomic E-state index is 0.000129. The highest BCUT2D eigenvalue weighted by Crippen LogP contribution is 2.37. The molecule has 174 valence electrons. The van der Waals surface area contributed by atoms with Crippen LogP contribution >= 0.6 is 0 Å². The molecule has 34 heavy (non-hydrogen) atoms. The van der Waals surface area contributed by atoms with Crippen molar-refractivity contribution in [2.75, 3.05) is 6.61 Å². The van der Waals surface area contributed by atoms with E-state index in [0.29, 0.717) is 6.61 Å². The zero-order valence-corrected chi connectivity index (χ0v) is 19.7. The summed E-state index contributed by atoms with van der Waals surface area (Å²) in [5.41, 5.74) is 6.21. The molecule has 0 amide bonds. The maximum absolute atomic E-state index is 13.3. The van der Waals surface area contributed by atoms with Crippen LogP contribution in [0, 0.1) is 0 Å². The molecule has 3 atom stereocenters. The molecule has 0 spiro atoms. The molecule has 0 saturated carbocycles. The molecule has 5 rings (SSSR count). The van der Waals surface area contributed by atoms with Crippen molar-refractivity contribution < 1.29 is 14.4 Å². The molecule has 1 aromatic carbocycles. The van der Waals surface area contributed by atoms with Crippen molar-refractivity contribution in [3.63, 3.8) is 0 Å². The number of esters is 1. The summed E-state index contributed by atoms with van der Waals surface area (Å²) < 4.78 is 9.23. The van der Waals surface area contributed by atoms with Gasteiger partial charge in [-0.2, -0.15) is 5.10 Å². The lowest BCUT2D eigenvalue weighted by atomic mass is 9.92. The van der Waals surface area contributed by atoms with E-state index in [2.05, 4.69) is 16.3 Å². The minimum atomic E-state index is -0.655. The molecule has 8 heteroatoms. The molecule has 0 bridgehead atoms. The molecule has 0 aliphatic carbocycles. The zero-order valence-electron chi connectivity index (χ0n) is 19.7. The normalized spacial score (nSPS) is 18.5.